The molecule has 2 aliphatic rings. The molecule has 1 aliphatic heterocycles. The van der Waals surface area contributed by atoms with Gasteiger partial charge in [-0.25, -0.2) is 0 Å². The molecule has 0 saturated heterocycles. The third kappa shape index (κ3) is 4.12. The minimum Gasteiger partial charge on any atom is -0.299 e. The largest absolute Gasteiger partial charge is 0.299 e. The lowest BCUT2D eigenvalue weighted by atomic mass is 9.84. The van der Waals surface area contributed by atoms with Crippen molar-refractivity contribution < 1.29 is 4.79 Å². The van der Waals surface area contributed by atoms with Crippen molar-refractivity contribution >= 4 is 27.4 Å². The van der Waals surface area contributed by atoms with Gasteiger partial charge in [-0.3, -0.25) is 9.79 Å². The minimum atomic E-state index is -0.118. The molecule has 1 aromatic rings. The molecule has 0 aromatic heterocycles. The Labute approximate surface area is 147 Å². The summed E-state index contributed by atoms with van der Waals surface area (Å²) in [5.74, 6) is 0.654. The smallest absolute Gasteiger partial charge is 0.141 e. The van der Waals surface area contributed by atoms with E-state index in [0.717, 1.165) is 29.4 Å². The number of hydrogen-bond acceptors (Lipinski definition) is 2. The number of Topliss-reactive ketones (excluding diaryl/α,β-unsaturated/α-hetero) is 1. The predicted molar refractivity (Wildman–Crippen MR) is 99.3 cm³/mol. The van der Waals surface area contributed by atoms with Crippen LogP contribution in [0.15, 0.2) is 27.7 Å². The van der Waals surface area contributed by atoms with Gasteiger partial charge >= 0.3 is 0 Å². The molecule has 1 fully saturated rings. The zero-order chi connectivity index (χ0) is 16.4. The van der Waals surface area contributed by atoms with E-state index in [1.54, 1.807) is 0 Å². The van der Waals surface area contributed by atoms with Crippen LogP contribution in [0.2, 0.25) is 0 Å². The molecule has 0 spiro atoms. The summed E-state index contributed by atoms with van der Waals surface area (Å²) < 4.78 is 1.10. The highest BCUT2D eigenvalue weighted by Gasteiger charge is 2.29. The Balaban J connectivity index is 1.83. The topological polar surface area (TPSA) is 29.4 Å². The normalized spacial score (nSPS) is 21.3. The van der Waals surface area contributed by atoms with Crippen LogP contribution in [0, 0.1) is 5.92 Å². The molecule has 3 heteroatoms. The highest BCUT2D eigenvalue weighted by Crippen LogP contribution is 2.31. The van der Waals surface area contributed by atoms with Gasteiger partial charge in [-0.2, -0.15) is 0 Å². The predicted octanol–water partition coefficient (Wildman–Crippen LogP) is 5.50. The molecule has 0 radical (unpaired) electrons. The number of fused-ring (bicyclic) bond motifs is 1. The quantitative estimate of drug-likeness (QED) is 0.641. The van der Waals surface area contributed by atoms with Gasteiger partial charge in [-0.05, 0) is 56.4 Å². The van der Waals surface area contributed by atoms with E-state index in [-0.39, 0.29) is 11.5 Å². The van der Waals surface area contributed by atoms with Crippen LogP contribution in [0.1, 0.15) is 69.9 Å². The summed E-state index contributed by atoms with van der Waals surface area (Å²) in [5.41, 5.74) is 3.36. The van der Waals surface area contributed by atoms with Crippen LogP contribution in [0.25, 0.3) is 0 Å². The minimum absolute atomic E-state index is 0.118. The van der Waals surface area contributed by atoms with Gasteiger partial charge in [0, 0.05) is 16.8 Å². The number of benzene rings is 1. The molecule has 0 unspecified atom stereocenters. The molecule has 1 heterocycles. The lowest BCUT2D eigenvalue weighted by Crippen LogP contribution is -2.31. The Morgan fingerprint density at radius 1 is 1.22 bits per heavy atom. The lowest BCUT2D eigenvalue weighted by Gasteiger charge is -2.29. The number of nitrogens with zero attached hydrogens (tertiary/aromatic N) is 1. The van der Waals surface area contributed by atoms with Crippen LogP contribution >= 0.6 is 15.9 Å². The lowest BCUT2D eigenvalue weighted by molar-refractivity contribution is -0.122. The van der Waals surface area contributed by atoms with E-state index in [2.05, 4.69) is 48.0 Å². The highest BCUT2D eigenvalue weighted by atomic mass is 79.9. The maximum Gasteiger partial charge on any atom is 0.141 e. The first-order valence-electron chi connectivity index (χ1n) is 8.85. The molecule has 0 atom stereocenters. The van der Waals surface area contributed by atoms with Gasteiger partial charge in [0.15, 0.2) is 0 Å². The van der Waals surface area contributed by atoms with E-state index >= 15 is 0 Å². The number of carbonyl (C=O) groups excluding carboxylic acids is 1. The summed E-state index contributed by atoms with van der Waals surface area (Å²) in [6.07, 6.45) is 8.57. The fourth-order valence-electron chi connectivity index (χ4n) is 3.97. The summed E-state index contributed by atoms with van der Waals surface area (Å²) in [6, 6.07) is 6.36. The summed E-state index contributed by atoms with van der Waals surface area (Å²) in [4.78, 5) is 17.7. The number of rotatable bonds is 3. The van der Waals surface area contributed by atoms with Crippen molar-refractivity contribution in [2.45, 2.75) is 70.8 Å². The van der Waals surface area contributed by atoms with Crippen LogP contribution in [-0.2, 0) is 11.2 Å². The van der Waals surface area contributed by atoms with E-state index in [1.807, 2.05) is 0 Å². The SMILES string of the molecule is CC1(C)Cc2cc(Br)ccc2C(CC(=O)C2CCCCCC2)=N1. The van der Waals surface area contributed by atoms with Crippen molar-refractivity contribution in [2.75, 3.05) is 0 Å². The van der Waals surface area contributed by atoms with Crippen molar-refractivity contribution in [2.24, 2.45) is 10.9 Å². The standard InChI is InChI=1S/C20H26BrNO/c1-20(2)13-15-11-16(21)9-10-17(15)18(22-20)12-19(23)14-7-5-3-4-6-8-14/h9-11,14H,3-8,12-13H2,1-2H3. The van der Waals surface area contributed by atoms with Gasteiger partial charge in [0.25, 0.3) is 0 Å². The maximum absolute atomic E-state index is 12.8. The summed E-state index contributed by atoms with van der Waals surface area (Å²) >= 11 is 3.56. The first kappa shape index (κ1) is 16.9. The molecule has 1 saturated carbocycles. The van der Waals surface area contributed by atoms with E-state index < -0.39 is 0 Å². The van der Waals surface area contributed by atoms with Gasteiger partial charge in [-0.15, -0.1) is 0 Å². The number of carbonyl (C=O) groups is 1. The van der Waals surface area contributed by atoms with Gasteiger partial charge < -0.3 is 0 Å². The fraction of sp³-hybridized carbons (Fsp3) is 0.600. The Bertz CT molecular complexity index is 625. The Morgan fingerprint density at radius 2 is 1.91 bits per heavy atom. The van der Waals surface area contributed by atoms with E-state index in [4.69, 9.17) is 4.99 Å². The monoisotopic (exact) mass is 375 g/mol. The van der Waals surface area contributed by atoms with Crippen molar-refractivity contribution in [3.63, 3.8) is 0 Å². The van der Waals surface area contributed by atoms with Gasteiger partial charge in [0.05, 0.1) is 11.3 Å². The average molecular weight is 376 g/mol. The van der Waals surface area contributed by atoms with Gasteiger partial charge in [0.2, 0.25) is 0 Å². The second kappa shape index (κ2) is 6.88. The van der Waals surface area contributed by atoms with Crippen molar-refractivity contribution in [1.29, 1.82) is 0 Å². The second-order valence-electron chi connectivity index (χ2n) is 7.68. The van der Waals surface area contributed by atoms with Crippen molar-refractivity contribution in [1.82, 2.24) is 0 Å². The number of hydrogen-bond donors (Lipinski definition) is 0. The number of halogens is 1. The molecular weight excluding hydrogens is 350 g/mol. The van der Waals surface area contributed by atoms with E-state index in [9.17, 15) is 4.79 Å². The summed E-state index contributed by atoms with van der Waals surface area (Å²) in [6.45, 7) is 4.32. The molecule has 2 nitrogen and oxygen atoms in total. The molecule has 1 aliphatic carbocycles. The van der Waals surface area contributed by atoms with E-state index in [1.165, 1.54) is 36.8 Å². The molecule has 124 valence electrons. The first-order chi connectivity index (χ1) is 10.9. The fourth-order valence-corrected chi connectivity index (χ4v) is 4.38. The number of ketones is 1. The highest BCUT2D eigenvalue weighted by molar-refractivity contribution is 9.10. The second-order valence-corrected chi connectivity index (χ2v) is 8.60. The molecule has 0 amide bonds. The van der Waals surface area contributed by atoms with Crippen LogP contribution in [0.5, 0.6) is 0 Å². The van der Waals surface area contributed by atoms with Crippen LogP contribution in [-0.4, -0.2) is 17.0 Å². The Morgan fingerprint density at radius 3 is 2.61 bits per heavy atom. The van der Waals surface area contributed by atoms with Crippen molar-refractivity contribution in [3.05, 3.63) is 33.8 Å². The number of aliphatic imine (C=N–C) groups is 1. The summed E-state index contributed by atoms with van der Waals surface area (Å²) in [7, 11) is 0. The zero-order valence-electron chi connectivity index (χ0n) is 14.2. The third-order valence-electron chi connectivity index (χ3n) is 5.09. The molecule has 0 bridgehead atoms. The van der Waals surface area contributed by atoms with Crippen LogP contribution in [0.4, 0.5) is 0 Å². The third-order valence-corrected chi connectivity index (χ3v) is 5.58. The molecule has 23 heavy (non-hydrogen) atoms. The van der Waals surface area contributed by atoms with E-state index in [0.29, 0.717) is 12.2 Å². The zero-order valence-corrected chi connectivity index (χ0v) is 15.8. The van der Waals surface area contributed by atoms with Gasteiger partial charge in [-0.1, -0.05) is 47.7 Å². The Kier molecular flexibility index (Phi) is 5.05. The molecular formula is C20H26BrNO. The van der Waals surface area contributed by atoms with Gasteiger partial charge in [0.1, 0.15) is 5.78 Å². The molecule has 1 aromatic carbocycles. The average Bonchev–Trinajstić information content (AvgIpc) is 2.74. The molecule has 0 N–H and O–H groups in total. The summed E-state index contributed by atoms with van der Waals surface area (Å²) in [5, 5.41) is 0. The Hall–Kier alpha value is -0.960. The molecule has 3 rings (SSSR count). The van der Waals surface area contributed by atoms with Crippen molar-refractivity contribution in [3.8, 4) is 0 Å². The van der Waals surface area contributed by atoms with Crippen LogP contribution < -0.4 is 0 Å². The van der Waals surface area contributed by atoms with Crippen LogP contribution in [0.3, 0.4) is 0 Å². The maximum atomic E-state index is 12.8. The first-order valence-corrected chi connectivity index (χ1v) is 9.64.